The van der Waals surface area contributed by atoms with Crippen LogP contribution in [0.4, 0.5) is 14.7 Å². The van der Waals surface area contributed by atoms with E-state index in [2.05, 4.69) is 14.7 Å². The molecule has 4 rings (SSSR count). The summed E-state index contributed by atoms with van der Waals surface area (Å²) in [5.74, 6) is -2.82. The number of rotatable bonds is 5. The van der Waals surface area contributed by atoms with E-state index in [1.807, 2.05) is 0 Å². The van der Waals surface area contributed by atoms with Crippen molar-refractivity contribution in [2.24, 2.45) is 0 Å². The van der Waals surface area contributed by atoms with Crippen LogP contribution in [0, 0.1) is 0 Å². The van der Waals surface area contributed by atoms with Gasteiger partial charge in [-0.05, 0) is 25.8 Å². The molecule has 2 aromatic rings. The van der Waals surface area contributed by atoms with E-state index >= 15 is 0 Å². The molecule has 1 aliphatic heterocycles. The van der Waals surface area contributed by atoms with E-state index in [9.17, 15) is 22.3 Å². The number of hydrogen-bond donors (Lipinski definition) is 2. The minimum absolute atomic E-state index is 0.184. The van der Waals surface area contributed by atoms with E-state index in [-0.39, 0.29) is 30.5 Å². The number of nitrogens with one attached hydrogen (secondary N) is 1. The second-order valence-electron chi connectivity index (χ2n) is 8.10. The monoisotopic (exact) mass is 438 g/mol. The quantitative estimate of drug-likeness (QED) is 0.744. The molecule has 1 saturated heterocycles. The van der Waals surface area contributed by atoms with Crippen LogP contribution >= 0.6 is 0 Å². The van der Waals surface area contributed by atoms with Crippen molar-refractivity contribution < 1.29 is 22.3 Å². The molecule has 1 aromatic carbocycles. The summed E-state index contributed by atoms with van der Waals surface area (Å²) in [5.41, 5.74) is 2.06. The Kier molecular flexibility index (Phi) is 5.06. The second-order valence-corrected chi connectivity index (χ2v) is 9.88. The van der Waals surface area contributed by atoms with Crippen molar-refractivity contribution in [3.63, 3.8) is 0 Å². The van der Waals surface area contributed by atoms with Gasteiger partial charge < -0.3 is 10.0 Å². The fourth-order valence-corrected chi connectivity index (χ4v) is 4.73. The molecule has 162 valence electrons. The lowest BCUT2D eigenvalue weighted by Crippen LogP contribution is -2.59. The molecule has 0 saturated carbocycles. The van der Waals surface area contributed by atoms with Crippen molar-refractivity contribution in [1.82, 2.24) is 14.7 Å². The Labute approximate surface area is 174 Å². The lowest BCUT2D eigenvalue weighted by Gasteiger charge is -2.43. The summed E-state index contributed by atoms with van der Waals surface area (Å²) in [6, 6.07) is 6.37. The van der Waals surface area contributed by atoms with E-state index in [1.165, 1.54) is 0 Å². The fourth-order valence-electron chi connectivity index (χ4n) is 3.95. The average Bonchev–Trinajstić information content (AvgIpc) is 2.98. The fraction of sp³-hybridized carbons (Fsp3) is 0.500. The highest BCUT2D eigenvalue weighted by Crippen LogP contribution is 2.44. The largest absolute Gasteiger partial charge is 0.389 e. The van der Waals surface area contributed by atoms with Crippen molar-refractivity contribution in [1.29, 1.82) is 0 Å². The maximum absolute atomic E-state index is 14.5. The molecule has 1 fully saturated rings. The minimum atomic E-state index is -3.36. The van der Waals surface area contributed by atoms with Gasteiger partial charge in [0.1, 0.15) is 5.69 Å². The maximum Gasteiger partial charge on any atom is 0.290 e. The van der Waals surface area contributed by atoms with Crippen LogP contribution in [0.15, 0.2) is 24.3 Å². The van der Waals surface area contributed by atoms with Crippen LogP contribution in [0.3, 0.4) is 0 Å². The van der Waals surface area contributed by atoms with Gasteiger partial charge in [0.25, 0.3) is 5.92 Å². The van der Waals surface area contributed by atoms with Crippen LogP contribution in [0.1, 0.15) is 43.1 Å². The third kappa shape index (κ3) is 3.79. The first kappa shape index (κ1) is 21.1. The molecule has 30 heavy (non-hydrogen) atoms. The summed E-state index contributed by atoms with van der Waals surface area (Å²) in [5, 5.41) is 9.80. The summed E-state index contributed by atoms with van der Waals surface area (Å²) < 4.78 is 54.4. The van der Waals surface area contributed by atoms with Gasteiger partial charge in [0.15, 0.2) is 0 Å². The third-order valence-corrected chi connectivity index (χ3v) is 6.58. The summed E-state index contributed by atoms with van der Waals surface area (Å²) in [4.78, 5) is 10.5. The molecule has 2 N–H and O–H groups in total. The van der Waals surface area contributed by atoms with Crippen molar-refractivity contribution in [3.05, 3.63) is 41.1 Å². The Morgan fingerprint density at radius 1 is 1.27 bits per heavy atom. The number of alkyl halides is 2. The van der Waals surface area contributed by atoms with Gasteiger partial charge in [0.05, 0.1) is 24.1 Å². The standard InChI is InChI=1S/C20H24F2N4O3S/c1-11(25-30(3,28)29)13-4-6-14(7-5-13)17-15-8-9-20(21,22)18(15)24-19(23-17)26-10-16(27)12(26)2/h4-7,11-12,16,25,27H,8-10H2,1-3H3/t11-,12+,16-/m1/s1. The first-order valence-electron chi connectivity index (χ1n) is 9.78. The zero-order valence-corrected chi connectivity index (χ0v) is 17.7. The van der Waals surface area contributed by atoms with E-state index in [0.29, 0.717) is 23.4 Å². The molecule has 7 nitrogen and oxygen atoms in total. The van der Waals surface area contributed by atoms with Crippen molar-refractivity contribution >= 4 is 16.0 Å². The highest BCUT2D eigenvalue weighted by Gasteiger charge is 2.45. The number of sulfonamides is 1. The number of hydrogen-bond acceptors (Lipinski definition) is 6. The lowest BCUT2D eigenvalue weighted by atomic mass is 10.0. The lowest BCUT2D eigenvalue weighted by molar-refractivity contribution is -0.00603. The molecule has 2 heterocycles. The Morgan fingerprint density at radius 3 is 2.50 bits per heavy atom. The van der Waals surface area contributed by atoms with Crippen molar-refractivity contribution in [3.8, 4) is 11.3 Å². The molecule has 0 radical (unpaired) electrons. The normalized spacial score (nSPS) is 23.7. The van der Waals surface area contributed by atoms with Gasteiger partial charge >= 0.3 is 0 Å². The number of aliphatic hydroxyl groups is 1. The second kappa shape index (κ2) is 7.21. The Morgan fingerprint density at radius 2 is 1.93 bits per heavy atom. The van der Waals surface area contributed by atoms with E-state index < -0.39 is 28.1 Å². The molecule has 0 amide bonds. The number of halogens is 2. The molecule has 1 aliphatic carbocycles. The van der Waals surface area contributed by atoms with Gasteiger partial charge in [0.2, 0.25) is 16.0 Å². The van der Waals surface area contributed by atoms with Gasteiger partial charge in [-0.15, -0.1) is 0 Å². The predicted molar refractivity (Wildman–Crippen MR) is 109 cm³/mol. The summed E-state index contributed by atoms with van der Waals surface area (Å²) in [6.45, 7) is 3.83. The van der Waals surface area contributed by atoms with Crippen LogP contribution in [-0.4, -0.2) is 48.4 Å². The first-order valence-corrected chi connectivity index (χ1v) is 11.7. The number of fused-ring (bicyclic) bond motifs is 1. The molecule has 3 atom stereocenters. The maximum atomic E-state index is 14.5. The van der Waals surface area contributed by atoms with Crippen LogP contribution in [0.25, 0.3) is 11.3 Å². The van der Waals surface area contributed by atoms with Gasteiger partial charge in [-0.25, -0.2) is 23.1 Å². The molecule has 0 unspecified atom stereocenters. The molecular formula is C20H24F2N4O3S. The molecule has 2 aliphatic rings. The zero-order valence-electron chi connectivity index (χ0n) is 16.9. The van der Waals surface area contributed by atoms with Gasteiger partial charge in [0, 0.05) is 30.1 Å². The molecule has 0 bridgehead atoms. The van der Waals surface area contributed by atoms with Gasteiger partial charge in [-0.3, -0.25) is 0 Å². The highest BCUT2D eigenvalue weighted by atomic mass is 32.2. The van der Waals surface area contributed by atoms with Crippen LogP contribution in [0.2, 0.25) is 0 Å². The van der Waals surface area contributed by atoms with Gasteiger partial charge in [-0.2, -0.15) is 8.78 Å². The topological polar surface area (TPSA) is 95.4 Å². The molecule has 10 heteroatoms. The predicted octanol–water partition coefficient (Wildman–Crippen LogP) is 2.36. The smallest absolute Gasteiger partial charge is 0.290 e. The number of nitrogens with zero attached hydrogens (tertiary/aromatic N) is 3. The zero-order chi connectivity index (χ0) is 21.8. The number of benzene rings is 1. The van der Waals surface area contributed by atoms with E-state index in [4.69, 9.17) is 0 Å². The van der Waals surface area contributed by atoms with E-state index in [1.54, 1.807) is 43.0 Å². The average molecular weight is 439 g/mol. The summed E-state index contributed by atoms with van der Waals surface area (Å²) in [7, 11) is -3.36. The molecular weight excluding hydrogens is 414 g/mol. The van der Waals surface area contributed by atoms with Crippen LogP contribution in [-0.2, 0) is 22.4 Å². The van der Waals surface area contributed by atoms with Crippen molar-refractivity contribution in [2.45, 2.75) is 50.8 Å². The number of aromatic nitrogens is 2. The number of anilines is 1. The molecule has 0 spiro atoms. The van der Waals surface area contributed by atoms with Crippen LogP contribution in [0.5, 0.6) is 0 Å². The van der Waals surface area contributed by atoms with Gasteiger partial charge in [-0.1, -0.05) is 24.3 Å². The summed E-state index contributed by atoms with van der Waals surface area (Å²) >= 11 is 0. The highest BCUT2D eigenvalue weighted by molar-refractivity contribution is 7.88. The Bertz CT molecular complexity index is 1080. The SMILES string of the molecule is C[C@@H](NS(C)(=O)=O)c1ccc(-c2nc(N3C[C@@H](O)[C@@H]3C)nc3c2CCC3(F)F)cc1. The molecule has 1 aromatic heterocycles. The first-order chi connectivity index (χ1) is 14.0. The minimum Gasteiger partial charge on any atom is -0.389 e. The van der Waals surface area contributed by atoms with Crippen molar-refractivity contribution in [2.75, 3.05) is 17.7 Å². The summed E-state index contributed by atoms with van der Waals surface area (Å²) in [6.07, 6.45) is 0.439. The van der Waals surface area contributed by atoms with Crippen LogP contribution < -0.4 is 9.62 Å². The Hall–Kier alpha value is -2.17. The Balaban J connectivity index is 1.73. The van der Waals surface area contributed by atoms with E-state index in [0.717, 1.165) is 11.8 Å². The third-order valence-electron chi connectivity index (χ3n) is 5.79. The number of aliphatic hydroxyl groups excluding tert-OH is 1. The number of β-amino-alcohol motifs (C(OH)–C–C–N with tert-alkyl or cyclic N) is 1.